The molecule has 0 aliphatic carbocycles. The van der Waals surface area contributed by atoms with Gasteiger partial charge in [-0.25, -0.2) is 5.43 Å². The summed E-state index contributed by atoms with van der Waals surface area (Å²) in [6, 6.07) is 14.1. The van der Waals surface area contributed by atoms with E-state index in [0.717, 1.165) is 27.7 Å². The monoisotopic (exact) mass is 476 g/mol. The molecule has 3 rings (SSSR count). The van der Waals surface area contributed by atoms with Crippen LogP contribution in [0.1, 0.15) is 48.0 Å². The van der Waals surface area contributed by atoms with Crippen LogP contribution in [0.2, 0.25) is 0 Å². The number of hydrogen-bond acceptors (Lipinski definition) is 5. The van der Waals surface area contributed by atoms with E-state index in [1.807, 2.05) is 68.7 Å². The van der Waals surface area contributed by atoms with Crippen LogP contribution in [-0.4, -0.2) is 41.2 Å². The molecular weight excluding hydrogens is 444 g/mol. The van der Waals surface area contributed by atoms with Crippen molar-refractivity contribution in [1.82, 2.24) is 15.3 Å². The van der Waals surface area contributed by atoms with Crippen molar-refractivity contribution in [3.63, 3.8) is 0 Å². The number of rotatable bonds is 9. The van der Waals surface area contributed by atoms with Crippen LogP contribution in [0, 0.1) is 19.8 Å². The number of esters is 1. The minimum Gasteiger partial charge on any atom is -0.465 e. The van der Waals surface area contributed by atoms with Crippen molar-refractivity contribution in [3.8, 4) is 0 Å². The summed E-state index contributed by atoms with van der Waals surface area (Å²) >= 11 is 0. The summed E-state index contributed by atoms with van der Waals surface area (Å²) in [4.78, 5) is 37.6. The van der Waals surface area contributed by atoms with Crippen LogP contribution in [0.25, 0.3) is 10.9 Å². The van der Waals surface area contributed by atoms with Crippen molar-refractivity contribution in [2.45, 2.75) is 47.2 Å². The summed E-state index contributed by atoms with van der Waals surface area (Å²) in [5.41, 5.74) is 6.58. The molecule has 0 bridgehead atoms. The predicted molar refractivity (Wildman–Crippen MR) is 136 cm³/mol. The first-order valence-electron chi connectivity index (χ1n) is 11.7. The van der Waals surface area contributed by atoms with E-state index >= 15 is 0 Å². The second-order valence-electron chi connectivity index (χ2n) is 8.70. The number of nitrogens with one attached hydrogen (secondary N) is 2. The highest BCUT2D eigenvalue weighted by molar-refractivity contribution is 6.02. The van der Waals surface area contributed by atoms with Gasteiger partial charge < -0.3 is 14.6 Å². The molecule has 1 heterocycles. The number of carbonyl (C=O) groups is 3. The third-order valence-corrected chi connectivity index (χ3v) is 5.79. The maximum absolute atomic E-state index is 12.9. The maximum atomic E-state index is 12.9. The van der Waals surface area contributed by atoms with Crippen molar-refractivity contribution < 1.29 is 19.1 Å². The fourth-order valence-electron chi connectivity index (χ4n) is 3.85. The highest BCUT2D eigenvalue weighted by Crippen LogP contribution is 2.24. The first-order chi connectivity index (χ1) is 16.7. The SMILES string of the molecule is CCOC(=O)Cn1c(C)c(C=NNC(=O)C(NC(=O)c2ccc(C)cc2)C(C)C)c2ccccc21. The number of nitrogens with zero attached hydrogens (tertiary/aromatic N) is 2. The van der Waals surface area contributed by atoms with Gasteiger partial charge in [0.2, 0.25) is 0 Å². The van der Waals surface area contributed by atoms with Crippen molar-refractivity contribution >= 4 is 34.9 Å². The number of benzene rings is 2. The number of hydrogen-bond donors (Lipinski definition) is 2. The predicted octanol–water partition coefficient (Wildman–Crippen LogP) is 3.73. The van der Waals surface area contributed by atoms with Crippen molar-refractivity contribution in [2.24, 2.45) is 11.0 Å². The average molecular weight is 477 g/mol. The number of aryl methyl sites for hydroxylation is 1. The summed E-state index contributed by atoms with van der Waals surface area (Å²) in [5, 5.41) is 7.87. The molecule has 1 aromatic heterocycles. The van der Waals surface area contributed by atoms with Gasteiger partial charge in [-0.3, -0.25) is 14.4 Å². The largest absolute Gasteiger partial charge is 0.465 e. The molecule has 2 aromatic carbocycles. The Balaban J connectivity index is 1.77. The van der Waals surface area contributed by atoms with E-state index in [0.29, 0.717) is 12.2 Å². The molecule has 0 saturated carbocycles. The molecule has 0 radical (unpaired) electrons. The standard InChI is InChI=1S/C27H32N4O4/c1-6-35-24(32)16-31-19(5)22(21-9-7-8-10-23(21)31)15-28-30-27(34)25(17(2)3)29-26(33)20-13-11-18(4)12-14-20/h7-15,17,25H,6,16H2,1-5H3,(H,29,33)(H,30,34). The molecule has 184 valence electrons. The zero-order valence-electron chi connectivity index (χ0n) is 20.8. The smallest absolute Gasteiger partial charge is 0.325 e. The van der Waals surface area contributed by atoms with Gasteiger partial charge in [0.25, 0.3) is 11.8 Å². The Morgan fingerprint density at radius 1 is 1.06 bits per heavy atom. The first kappa shape index (κ1) is 25.7. The van der Waals surface area contributed by atoms with E-state index in [-0.39, 0.29) is 24.3 Å². The maximum Gasteiger partial charge on any atom is 0.325 e. The number of hydrazone groups is 1. The van der Waals surface area contributed by atoms with Gasteiger partial charge in [0.15, 0.2) is 0 Å². The van der Waals surface area contributed by atoms with Crippen molar-refractivity contribution in [3.05, 3.63) is 70.9 Å². The lowest BCUT2D eigenvalue weighted by molar-refractivity contribution is -0.143. The zero-order chi connectivity index (χ0) is 25.5. The number of para-hydroxylation sites is 1. The number of aromatic nitrogens is 1. The highest BCUT2D eigenvalue weighted by Gasteiger charge is 2.24. The zero-order valence-corrected chi connectivity index (χ0v) is 20.8. The number of ether oxygens (including phenoxy) is 1. The number of amides is 2. The minimum atomic E-state index is -0.757. The van der Waals surface area contributed by atoms with Gasteiger partial charge in [-0.2, -0.15) is 5.10 Å². The molecule has 1 atom stereocenters. The van der Waals surface area contributed by atoms with Crippen LogP contribution in [-0.2, 0) is 20.9 Å². The van der Waals surface area contributed by atoms with Crippen LogP contribution in [0.4, 0.5) is 0 Å². The van der Waals surface area contributed by atoms with Gasteiger partial charge in [-0.15, -0.1) is 0 Å². The van der Waals surface area contributed by atoms with Crippen LogP contribution in [0.15, 0.2) is 53.6 Å². The van der Waals surface area contributed by atoms with E-state index in [2.05, 4.69) is 15.8 Å². The molecule has 2 amide bonds. The molecule has 0 fully saturated rings. The van der Waals surface area contributed by atoms with E-state index in [4.69, 9.17) is 4.74 Å². The molecular formula is C27H32N4O4. The summed E-state index contributed by atoms with van der Waals surface area (Å²) in [7, 11) is 0. The van der Waals surface area contributed by atoms with E-state index in [1.54, 1.807) is 25.3 Å². The molecule has 0 aliphatic heterocycles. The van der Waals surface area contributed by atoms with Crippen LogP contribution >= 0.6 is 0 Å². The Morgan fingerprint density at radius 3 is 2.40 bits per heavy atom. The topological polar surface area (TPSA) is 102 Å². The quantitative estimate of drug-likeness (QED) is 0.279. The van der Waals surface area contributed by atoms with Gasteiger partial charge in [-0.1, -0.05) is 49.7 Å². The normalized spacial score (nSPS) is 12.2. The lowest BCUT2D eigenvalue weighted by Gasteiger charge is -2.20. The molecule has 0 aliphatic rings. The number of carbonyl (C=O) groups excluding carboxylic acids is 3. The molecule has 35 heavy (non-hydrogen) atoms. The fraction of sp³-hybridized carbons (Fsp3) is 0.333. The lowest BCUT2D eigenvalue weighted by Crippen LogP contribution is -2.48. The summed E-state index contributed by atoms with van der Waals surface area (Å²) in [6.07, 6.45) is 1.57. The van der Waals surface area contributed by atoms with Gasteiger partial charge in [0, 0.05) is 27.7 Å². The average Bonchev–Trinajstić information content (AvgIpc) is 3.08. The van der Waals surface area contributed by atoms with Crippen LogP contribution in [0.5, 0.6) is 0 Å². The summed E-state index contributed by atoms with van der Waals surface area (Å²) in [5.74, 6) is -1.20. The van der Waals surface area contributed by atoms with E-state index in [9.17, 15) is 14.4 Å². The third kappa shape index (κ3) is 6.15. The lowest BCUT2D eigenvalue weighted by atomic mass is 10.0. The van der Waals surface area contributed by atoms with Crippen LogP contribution < -0.4 is 10.7 Å². The Bertz CT molecular complexity index is 1240. The molecule has 0 saturated heterocycles. The molecule has 0 spiro atoms. The second-order valence-corrected chi connectivity index (χ2v) is 8.70. The Hall–Kier alpha value is -3.94. The summed E-state index contributed by atoms with van der Waals surface area (Å²) < 4.78 is 6.98. The molecule has 1 unspecified atom stereocenters. The third-order valence-electron chi connectivity index (χ3n) is 5.79. The van der Waals surface area contributed by atoms with Crippen molar-refractivity contribution in [1.29, 1.82) is 0 Å². The van der Waals surface area contributed by atoms with Crippen LogP contribution in [0.3, 0.4) is 0 Å². The minimum absolute atomic E-state index is 0.0842. The first-order valence-corrected chi connectivity index (χ1v) is 11.7. The van der Waals surface area contributed by atoms with Gasteiger partial charge in [-0.05, 0) is 44.9 Å². The Kier molecular flexibility index (Phi) is 8.41. The molecule has 8 heteroatoms. The van der Waals surface area contributed by atoms with E-state index < -0.39 is 11.9 Å². The highest BCUT2D eigenvalue weighted by atomic mass is 16.5. The Morgan fingerprint density at radius 2 is 1.74 bits per heavy atom. The fourth-order valence-corrected chi connectivity index (χ4v) is 3.85. The molecule has 3 aromatic rings. The van der Waals surface area contributed by atoms with Crippen molar-refractivity contribution in [2.75, 3.05) is 6.61 Å². The molecule has 2 N–H and O–H groups in total. The summed E-state index contributed by atoms with van der Waals surface area (Å²) in [6.45, 7) is 9.72. The Labute approximate surface area is 205 Å². The van der Waals surface area contributed by atoms with Gasteiger partial charge in [0.1, 0.15) is 12.6 Å². The van der Waals surface area contributed by atoms with Gasteiger partial charge >= 0.3 is 5.97 Å². The molecule has 8 nitrogen and oxygen atoms in total. The second kappa shape index (κ2) is 11.5. The number of fused-ring (bicyclic) bond motifs is 1. The van der Waals surface area contributed by atoms with Gasteiger partial charge in [0.05, 0.1) is 12.8 Å². The van der Waals surface area contributed by atoms with E-state index in [1.165, 1.54) is 0 Å².